The zero-order valence-corrected chi connectivity index (χ0v) is 20.4. The molecule has 0 aliphatic rings. The molecule has 174 valence electrons. The van der Waals surface area contributed by atoms with E-state index < -0.39 is 0 Å². The van der Waals surface area contributed by atoms with Gasteiger partial charge in [0.05, 0.1) is 37.0 Å². The lowest BCUT2D eigenvalue weighted by Gasteiger charge is -2.12. The normalized spacial score (nSPS) is 11.1. The fraction of sp³-hybridized carbons (Fsp3) is 0.148. The quantitative estimate of drug-likeness (QED) is 0.204. The smallest absolute Gasteiger partial charge is 0.161 e. The third kappa shape index (κ3) is 5.56. The molecular weight excluding hydrogens is 471 g/mol. The molecule has 0 saturated carbocycles. The van der Waals surface area contributed by atoms with Gasteiger partial charge in [-0.15, -0.1) is 0 Å². The van der Waals surface area contributed by atoms with Crippen LogP contribution in [0.1, 0.15) is 16.7 Å². The molecule has 0 aliphatic heterocycles. The van der Waals surface area contributed by atoms with Gasteiger partial charge in [0.2, 0.25) is 0 Å². The van der Waals surface area contributed by atoms with Crippen molar-refractivity contribution in [1.29, 1.82) is 0 Å². The van der Waals surface area contributed by atoms with E-state index in [2.05, 4.69) is 22.7 Å². The summed E-state index contributed by atoms with van der Waals surface area (Å²) < 4.78 is 16.8. The summed E-state index contributed by atoms with van der Waals surface area (Å²) in [6, 6.07) is 23.3. The maximum atomic E-state index is 6.15. The molecule has 0 amide bonds. The molecule has 1 N–H and O–H groups in total. The second-order valence-electron chi connectivity index (χ2n) is 7.52. The van der Waals surface area contributed by atoms with Crippen molar-refractivity contribution in [2.75, 3.05) is 14.2 Å². The van der Waals surface area contributed by atoms with Gasteiger partial charge in [-0.25, -0.2) is 0 Å². The van der Waals surface area contributed by atoms with Gasteiger partial charge in [-0.2, -0.15) is 5.10 Å². The van der Waals surface area contributed by atoms with Crippen molar-refractivity contribution in [3.63, 3.8) is 0 Å². The van der Waals surface area contributed by atoms with Gasteiger partial charge in [0, 0.05) is 5.56 Å². The molecule has 4 rings (SSSR count). The molecule has 34 heavy (non-hydrogen) atoms. The van der Waals surface area contributed by atoms with Gasteiger partial charge in [0.1, 0.15) is 12.4 Å². The number of halogens is 2. The number of rotatable bonds is 9. The number of benzene rings is 4. The lowest BCUT2D eigenvalue weighted by molar-refractivity contribution is 0.306. The highest BCUT2D eigenvalue weighted by Gasteiger charge is 2.09. The van der Waals surface area contributed by atoms with E-state index in [0.29, 0.717) is 34.7 Å². The molecule has 0 heterocycles. The molecule has 0 atom stereocenters. The van der Waals surface area contributed by atoms with E-state index in [1.54, 1.807) is 26.5 Å². The molecule has 0 spiro atoms. The van der Waals surface area contributed by atoms with Crippen LogP contribution in [0.4, 0.5) is 0 Å². The number of hydrogen-bond donors (Lipinski definition) is 1. The monoisotopic (exact) mass is 494 g/mol. The predicted octanol–water partition coefficient (Wildman–Crippen LogP) is 6.87. The fourth-order valence-corrected chi connectivity index (χ4v) is 3.88. The Morgan fingerprint density at radius 1 is 0.794 bits per heavy atom. The Labute approximate surface area is 208 Å². The Balaban J connectivity index is 1.53. The Kier molecular flexibility index (Phi) is 7.78. The van der Waals surface area contributed by atoms with Crippen molar-refractivity contribution in [2.45, 2.75) is 13.2 Å². The summed E-state index contributed by atoms with van der Waals surface area (Å²) in [5, 5.41) is 7.63. The van der Waals surface area contributed by atoms with Gasteiger partial charge >= 0.3 is 0 Å². The molecule has 0 radical (unpaired) electrons. The zero-order chi connectivity index (χ0) is 23.9. The number of ether oxygens (including phenoxy) is 3. The van der Waals surface area contributed by atoms with Crippen molar-refractivity contribution in [3.05, 3.63) is 99.5 Å². The van der Waals surface area contributed by atoms with Gasteiger partial charge in [0.15, 0.2) is 11.5 Å². The lowest BCUT2D eigenvalue weighted by atomic mass is 10.0. The number of nitrogens with one attached hydrogen (secondary N) is 1. The average molecular weight is 495 g/mol. The fourth-order valence-electron chi connectivity index (χ4n) is 3.56. The van der Waals surface area contributed by atoms with E-state index in [0.717, 1.165) is 33.2 Å². The van der Waals surface area contributed by atoms with Crippen LogP contribution in [0.15, 0.2) is 77.9 Å². The van der Waals surface area contributed by atoms with Crippen molar-refractivity contribution < 1.29 is 14.2 Å². The molecule has 0 bridgehead atoms. The number of nitrogens with zero attached hydrogens (tertiary/aromatic N) is 1. The van der Waals surface area contributed by atoms with Crippen LogP contribution in [-0.4, -0.2) is 20.4 Å². The minimum atomic E-state index is 0.356. The van der Waals surface area contributed by atoms with E-state index in [1.807, 2.05) is 54.6 Å². The van der Waals surface area contributed by atoms with Crippen molar-refractivity contribution >= 4 is 40.2 Å². The second-order valence-corrected chi connectivity index (χ2v) is 8.33. The molecule has 5 nitrogen and oxygen atoms in total. The Hall–Kier alpha value is -3.41. The van der Waals surface area contributed by atoms with Crippen LogP contribution in [0, 0.1) is 0 Å². The maximum absolute atomic E-state index is 6.15. The first kappa shape index (κ1) is 23.7. The average Bonchev–Trinajstić information content (AvgIpc) is 2.87. The van der Waals surface area contributed by atoms with Crippen LogP contribution in [0.3, 0.4) is 0 Å². The van der Waals surface area contributed by atoms with E-state index >= 15 is 0 Å². The van der Waals surface area contributed by atoms with Crippen molar-refractivity contribution in [3.8, 4) is 17.2 Å². The minimum absolute atomic E-state index is 0.356. The van der Waals surface area contributed by atoms with Gasteiger partial charge in [-0.3, -0.25) is 0 Å². The summed E-state index contributed by atoms with van der Waals surface area (Å²) in [5.74, 6) is 2.09. The van der Waals surface area contributed by atoms with Crippen molar-refractivity contribution in [2.24, 2.45) is 5.10 Å². The first-order valence-corrected chi connectivity index (χ1v) is 11.4. The van der Waals surface area contributed by atoms with Crippen molar-refractivity contribution in [1.82, 2.24) is 5.43 Å². The Morgan fingerprint density at radius 2 is 1.56 bits per heavy atom. The van der Waals surface area contributed by atoms with Crippen LogP contribution in [0.25, 0.3) is 10.8 Å². The summed E-state index contributed by atoms with van der Waals surface area (Å²) in [6.45, 7) is 0.885. The third-order valence-electron chi connectivity index (χ3n) is 5.33. The Morgan fingerprint density at radius 3 is 2.35 bits per heavy atom. The summed E-state index contributed by atoms with van der Waals surface area (Å²) in [5.41, 5.74) is 5.94. The molecule has 0 saturated heterocycles. The highest BCUT2D eigenvalue weighted by atomic mass is 35.5. The molecule has 0 unspecified atom stereocenters. The molecule has 7 heteroatoms. The summed E-state index contributed by atoms with van der Waals surface area (Å²) in [4.78, 5) is 0. The number of hydrogen-bond acceptors (Lipinski definition) is 5. The molecule has 4 aromatic carbocycles. The van der Waals surface area contributed by atoms with Crippen LogP contribution >= 0.6 is 23.2 Å². The van der Waals surface area contributed by atoms with E-state index in [-0.39, 0.29) is 0 Å². The highest BCUT2D eigenvalue weighted by molar-refractivity contribution is 6.42. The van der Waals surface area contributed by atoms with Crippen LogP contribution in [0.2, 0.25) is 10.0 Å². The molecule has 4 aromatic rings. The van der Waals surface area contributed by atoms with Gasteiger partial charge in [-0.05, 0) is 52.2 Å². The first-order valence-electron chi connectivity index (χ1n) is 10.6. The number of methoxy groups -OCH3 is 2. The predicted molar refractivity (Wildman–Crippen MR) is 139 cm³/mol. The largest absolute Gasteiger partial charge is 0.493 e. The van der Waals surface area contributed by atoms with Gasteiger partial charge in [-0.1, -0.05) is 65.7 Å². The molecule has 0 fully saturated rings. The lowest BCUT2D eigenvalue weighted by Crippen LogP contribution is -2.07. The minimum Gasteiger partial charge on any atom is -0.493 e. The number of hydrazone groups is 1. The number of fused-ring (bicyclic) bond motifs is 1. The Bertz CT molecular complexity index is 1320. The summed E-state index contributed by atoms with van der Waals surface area (Å²) in [7, 11) is 3.23. The maximum Gasteiger partial charge on any atom is 0.161 e. The standard InChI is InChI=1S/C27H24Cl2N2O3/c1-32-26-11-8-18(14-27(26)33-2)15-30-31-16-22-21-6-4-3-5-20(21)9-12-25(22)34-17-19-7-10-23(28)24(29)13-19/h3-14,16,30H,15,17H2,1-2H3/b31-16+. The summed E-state index contributed by atoms with van der Waals surface area (Å²) >= 11 is 12.2. The van der Waals surface area contributed by atoms with E-state index in [9.17, 15) is 0 Å². The highest BCUT2D eigenvalue weighted by Crippen LogP contribution is 2.29. The SMILES string of the molecule is COc1ccc(CN/N=C/c2c(OCc3ccc(Cl)c(Cl)c3)ccc3ccccc23)cc1OC. The van der Waals surface area contributed by atoms with Gasteiger partial charge in [0.25, 0.3) is 0 Å². The first-order chi connectivity index (χ1) is 16.6. The van der Waals surface area contributed by atoms with E-state index in [1.165, 1.54) is 0 Å². The topological polar surface area (TPSA) is 52.1 Å². The van der Waals surface area contributed by atoms with Crippen LogP contribution in [0.5, 0.6) is 17.2 Å². The molecular formula is C27H24Cl2N2O3. The third-order valence-corrected chi connectivity index (χ3v) is 6.06. The molecule has 0 aliphatic carbocycles. The van der Waals surface area contributed by atoms with Gasteiger partial charge < -0.3 is 19.6 Å². The zero-order valence-electron chi connectivity index (χ0n) is 18.8. The van der Waals surface area contributed by atoms with E-state index in [4.69, 9.17) is 37.4 Å². The van der Waals surface area contributed by atoms with Crippen LogP contribution in [-0.2, 0) is 13.2 Å². The molecule has 0 aromatic heterocycles. The summed E-state index contributed by atoms with van der Waals surface area (Å²) in [6.07, 6.45) is 1.78. The second kappa shape index (κ2) is 11.1. The van der Waals surface area contributed by atoms with Crippen LogP contribution < -0.4 is 19.6 Å².